The van der Waals surface area contributed by atoms with Crippen LogP contribution in [-0.4, -0.2) is 70.7 Å². The van der Waals surface area contributed by atoms with Crippen molar-refractivity contribution in [1.82, 2.24) is 15.1 Å². The first-order valence-electron chi connectivity index (χ1n) is 17.8. The third kappa shape index (κ3) is 8.89. The first kappa shape index (κ1) is 36.8. The van der Waals surface area contributed by atoms with Crippen molar-refractivity contribution in [1.29, 1.82) is 0 Å². The number of benzene rings is 3. The highest BCUT2D eigenvalue weighted by Crippen LogP contribution is 2.39. The lowest BCUT2D eigenvalue weighted by molar-refractivity contribution is -0.253. The maximum Gasteiger partial charge on any atom is 0.471 e. The van der Waals surface area contributed by atoms with E-state index in [0.29, 0.717) is 23.8 Å². The van der Waals surface area contributed by atoms with E-state index in [2.05, 4.69) is 16.8 Å². The number of carbonyl (C=O) groups excluding carboxylic acids is 2. The Labute approximate surface area is 297 Å². The van der Waals surface area contributed by atoms with Gasteiger partial charge in [-0.2, -0.15) is 13.2 Å². The Morgan fingerprint density at radius 2 is 1.65 bits per heavy atom. The highest BCUT2D eigenvalue weighted by molar-refractivity contribution is 5.90. The van der Waals surface area contributed by atoms with Crippen LogP contribution < -0.4 is 5.32 Å². The van der Waals surface area contributed by atoms with Crippen molar-refractivity contribution in [3.8, 4) is 11.1 Å². The second-order valence-corrected chi connectivity index (χ2v) is 13.7. The fraction of sp³-hybridized carbons (Fsp3) is 0.450. The quantitative estimate of drug-likeness (QED) is 0.198. The van der Waals surface area contributed by atoms with Crippen LogP contribution in [0.3, 0.4) is 0 Å². The van der Waals surface area contributed by atoms with Gasteiger partial charge in [0.15, 0.2) is 6.29 Å². The van der Waals surface area contributed by atoms with Gasteiger partial charge < -0.3 is 24.8 Å². The SMILES string of the molecule is C=CCN(C[C@@H]1C[C@H](c2ccc(CO)cc2)O[C@H](c2ccc(-c3ccccc3CNC(=O)[C@@H]3CCCN3C(=O)C(F)(F)F)cc2)O1)C1CCCC1. The normalized spacial score (nSPS) is 22.7. The van der Waals surface area contributed by atoms with E-state index >= 15 is 0 Å². The lowest BCUT2D eigenvalue weighted by Crippen LogP contribution is -2.50. The third-order valence-electron chi connectivity index (χ3n) is 10.3. The number of rotatable bonds is 12. The number of aliphatic hydroxyl groups is 1. The number of aliphatic hydroxyl groups excluding tert-OH is 1. The van der Waals surface area contributed by atoms with Crippen molar-refractivity contribution in [3.63, 3.8) is 0 Å². The average molecular weight is 706 g/mol. The van der Waals surface area contributed by atoms with Crippen molar-refractivity contribution < 1.29 is 37.3 Å². The van der Waals surface area contributed by atoms with E-state index in [1.165, 1.54) is 25.7 Å². The van der Waals surface area contributed by atoms with Gasteiger partial charge in [0.1, 0.15) is 6.04 Å². The molecule has 1 saturated carbocycles. The molecule has 3 aliphatic rings. The lowest BCUT2D eigenvalue weighted by atomic mass is 9.97. The first-order chi connectivity index (χ1) is 24.6. The summed E-state index contributed by atoms with van der Waals surface area (Å²) in [7, 11) is 0. The van der Waals surface area contributed by atoms with Crippen LogP contribution in [0.2, 0.25) is 0 Å². The van der Waals surface area contributed by atoms with Crippen LogP contribution in [0.5, 0.6) is 0 Å². The molecule has 1 aliphatic carbocycles. The van der Waals surface area contributed by atoms with Gasteiger partial charge in [-0.05, 0) is 53.5 Å². The van der Waals surface area contributed by atoms with Crippen LogP contribution in [0.25, 0.3) is 11.1 Å². The number of nitrogens with one attached hydrogen (secondary N) is 1. The molecular formula is C40H46F3N3O5. The maximum absolute atomic E-state index is 13.1. The molecule has 272 valence electrons. The van der Waals surface area contributed by atoms with Gasteiger partial charge in [-0.25, -0.2) is 0 Å². The van der Waals surface area contributed by atoms with Crippen molar-refractivity contribution >= 4 is 11.8 Å². The average Bonchev–Trinajstić information content (AvgIpc) is 3.87. The Kier molecular flexibility index (Phi) is 11.9. The minimum Gasteiger partial charge on any atom is -0.392 e. The molecule has 3 aromatic rings. The molecule has 3 aromatic carbocycles. The van der Waals surface area contributed by atoms with Gasteiger partial charge in [-0.15, -0.1) is 6.58 Å². The highest BCUT2D eigenvalue weighted by Gasteiger charge is 2.47. The molecule has 2 aliphatic heterocycles. The van der Waals surface area contributed by atoms with Crippen LogP contribution >= 0.6 is 0 Å². The molecule has 2 heterocycles. The molecule has 2 amide bonds. The summed E-state index contributed by atoms with van der Waals surface area (Å²) in [4.78, 5) is 28.0. The largest absolute Gasteiger partial charge is 0.471 e. The summed E-state index contributed by atoms with van der Waals surface area (Å²) in [6, 6.07) is 22.6. The zero-order chi connectivity index (χ0) is 36.0. The van der Waals surface area contributed by atoms with Gasteiger partial charge in [-0.1, -0.05) is 91.7 Å². The summed E-state index contributed by atoms with van der Waals surface area (Å²) < 4.78 is 52.5. The van der Waals surface area contributed by atoms with E-state index < -0.39 is 30.3 Å². The van der Waals surface area contributed by atoms with Crippen molar-refractivity contribution in [2.75, 3.05) is 19.6 Å². The van der Waals surface area contributed by atoms with Gasteiger partial charge in [0.25, 0.3) is 0 Å². The van der Waals surface area contributed by atoms with Gasteiger partial charge in [0, 0.05) is 44.2 Å². The molecule has 8 nitrogen and oxygen atoms in total. The smallest absolute Gasteiger partial charge is 0.392 e. The van der Waals surface area contributed by atoms with Crippen molar-refractivity contribution in [3.05, 3.63) is 108 Å². The number of nitrogens with zero attached hydrogens (tertiary/aromatic N) is 2. The molecule has 0 bridgehead atoms. The summed E-state index contributed by atoms with van der Waals surface area (Å²) in [5.74, 6) is -2.58. The van der Waals surface area contributed by atoms with Gasteiger partial charge in [0.05, 0.1) is 18.8 Å². The minimum atomic E-state index is -5.02. The number of amides is 2. The Bertz CT molecular complexity index is 1640. The fourth-order valence-corrected chi connectivity index (χ4v) is 7.62. The summed E-state index contributed by atoms with van der Waals surface area (Å²) in [6.45, 7) is 5.53. The number of halogens is 3. The van der Waals surface area contributed by atoms with Crippen molar-refractivity contribution in [2.45, 2.75) is 94.9 Å². The zero-order valence-electron chi connectivity index (χ0n) is 28.7. The summed E-state index contributed by atoms with van der Waals surface area (Å²) >= 11 is 0. The van der Waals surface area contributed by atoms with E-state index in [9.17, 15) is 27.9 Å². The van der Waals surface area contributed by atoms with Crippen LogP contribution in [0.1, 0.15) is 79.6 Å². The van der Waals surface area contributed by atoms with E-state index in [4.69, 9.17) is 9.47 Å². The fourth-order valence-electron chi connectivity index (χ4n) is 7.62. The van der Waals surface area contributed by atoms with E-state index in [-0.39, 0.29) is 38.3 Å². The molecule has 4 atom stereocenters. The standard InChI is InChI=1S/C40H46F3N3O5/c1-2-21-45(32-9-4-5-10-32)25-33-23-36(29-15-13-27(26-47)14-16-29)51-38(50-33)30-19-17-28(18-20-30)34-11-6-3-8-31(34)24-44-37(48)35-12-7-22-46(35)39(49)40(41,42)43/h2-3,6,8,11,13-20,32-33,35-36,38,47H,1,4-5,7,9-10,12,21-26H2,(H,44,48)/t33-,35-,36+,38+/m0/s1. The molecule has 11 heteroatoms. The summed E-state index contributed by atoms with van der Waals surface area (Å²) in [5, 5.41) is 12.3. The van der Waals surface area contributed by atoms with Gasteiger partial charge in [-0.3, -0.25) is 14.5 Å². The second kappa shape index (κ2) is 16.5. The molecule has 0 aromatic heterocycles. The predicted octanol–water partition coefficient (Wildman–Crippen LogP) is 6.99. The molecule has 6 rings (SSSR count). The number of likely N-dealkylation sites (tertiary alicyclic amines) is 1. The maximum atomic E-state index is 13.1. The van der Waals surface area contributed by atoms with Gasteiger partial charge >= 0.3 is 12.1 Å². The molecule has 51 heavy (non-hydrogen) atoms. The Morgan fingerprint density at radius 3 is 2.33 bits per heavy atom. The third-order valence-corrected chi connectivity index (χ3v) is 10.3. The highest BCUT2D eigenvalue weighted by atomic mass is 19.4. The van der Waals surface area contributed by atoms with Crippen LogP contribution in [-0.2, 0) is 32.2 Å². The minimum absolute atomic E-state index is 0.0258. The van der Waals surface area contributed by atoms with E-state index in [1.807, 2.05) is 78.9 Å². The first-order valence-corrected chi connectivity index (χ1v) is 17.8. The van der Waals surface area contributed by atoms with E-state index in [1.54, 1.807) is 0 Å². The number of hydrogen-bond donors (Lipinski definition) is 2. The monoisotopic (exact) mass is 705 g/mol. The number of hydrogen-bond acceptors (Lipinski definition) is 6. The van der Waals surface area contributed by atoms with Crippen molar-refractivity contribution in [2.24, 2.45) is 0 Å². The predicted molar refractivity (Wildman–Crippen MR) is 187 cm³/mol. The van der Waals surface area contributed by atoms with Crippen LogP contribution in [0, 0.1) is 0 Å². The lowest BCUT2D eigenvalue weighted by Gasteiger charge is -2.39. The number of ether oxygens (including phenoxy) is 2. The zero-order valence-corrected chi connectivity index (χ0v) is 28.7. The topological polar surface area (TPSA) is 91.3 Å². The molecule has 0 spiro atoms. The Hall–Kier alpha value is -4.03. The number of alkyl halides is 3. The summed E-state index contributed by atoms with van der Waals surface area (Å²) in [5.41, 5.74) is 5.26. The molecule has 0 radical (unpaired) electrons. The van der Waals surface area contributed by atoms with E-state index in [0.717, 1.165) is 46.5 Å². The molecule has 2 N–H and O–H groups in total. The molecule has 3 fully saturated rings. The van der Waals surface area contributed by atoms with Crippen LogP contribution in [0.15, 0.2) is 85.5 Å². The summed E-state index contributed by atoms with van der Waals surface area (Å²) in [6.07, 6.45) is 2.07. The van der Waals surface area contributed by atoms with Gasteiger partial charge in [0.2, 0.25) is 5.91 Å². The Balaban J connectivity index is 1.17. The molecular weight excluding hydrogens is 659 g/mol. The second-order valence-electron chi connectivity index (χ2n) is 13.7. The molecule has 2 saturated heterocycles. The Morgan fingerprint density at radius 1 is 0.941 bits per heavy atom. The van der Waals surface area contributed by atoms with Crippen LogP contribution in [0.4, 0.5) is 13.2 Å². The number of carbonyl (C=O) groups is 2. The molecule has 0 unspecified atom stereocenters.